The standard InChI is InChI=1S/C50H79N7O11S/c1-5-46(58)53-40(2)50(3,15-6-7-16-51-47(59)14-23-62-26-27-64-30-31-66-34-35-68-37-36-67-33-32-65-29-28-63-25-24-61-4)49(60)57-21-19-55(20-22-57)42-11-12-43-44(38-42)69-48(54-43)41-10-13-45(52-39-41)56-17-8-9-18-56/h10-13,38-40H,5-9,14-37H2,1-4H3,(H,51,59)(H,53,58)/t40?,50-/m0/s1. The van der Waals surface area contributed by atoms with Gasteiger partial charge in [0.05, 0.1) is 115 Å². The van der Waals surface area contributed by atoms with Crippen LogP contribution >= 0.6 is 11.3 Å². The first-order chi connectivity index (χ1) is 33.7. The minimum atomic E-state index is -0.805. The maximum atomic E-state index is 14.4. The Labute approximate surface area is 413 Å². The topological polar surface area (TPSA) is 185 Å². The Bertz CT molecular complexity index is 1910. The van der Waals surface area contributed by atoms with Gasteiger partial charge in [0.1, 0.15) is 10.8 Å². The van der Waals surface area contributed by atoms with Crippen LogP contribution in [0.4, 0.5) is 11.5 Å². The summed E-state index contributed by atoms with van der Waals surface area (Å²) in [4.78, 5) is 55.6. The van der Waals surface area contributed by atoms with Crippen molar-refractivity contribution in [3.05, 3.63) is 36.5 Å². The third kappa shape index (κ3) is 19.6. The first-order valence-corrected chi connectivity index (χ1v) is 25.8. The Hall–Kier alpha value is -4.05. The Morgan fingerprint density at radius 3 is 1.84 bits per heavy atom. The van der Waals surface area contributed by atoms with Crippen molar-refractivity contribution in [2.75, 3.05) is 162 Å². The summed E-state index contributed by atoms with van der Waals surface area (Å²) in [5, 5.41) is 7.01. The van der Waals surface area contributed by atoms with Gasteiger partial charge in [0.15, 0.2) is 0 Å². The highest BCUT2D eigenvalue weighted by atomic mass is 32.1. The van der Waals surface area contributed by atoms with Gasteiger partial charge in [0.2, 0.25) is 17.7 Å². The fourth-order valence-electron chi connectivity index (χ4n) is 8.08. The minimum absolute atomic E-state index is 0.0496. The minimum Gasteiger partial charge on any atom is -0.382 e. The number of unbranched alkanes of at least 4 members (excludes halogenated alkanes) is 1. The number of nitrogens with zero attached hydrogens (tertiary/aromatic N) is 5. The molecule has 2 aromatic heterocycles. The number of hydrogen-bond donors (Lipinski definition) is 2. The van der Waals surface area contributed by atoms with Crippen molar-refractivity contribution in [3.8, 4) is 10.6 Å². The molecular formula is C50H79N7O11S. The van der Waals surface area contributed by atoms with Crippen LogP contribution in [0.15, 0.2) is 36.5 Å². The van der Waals surface area contributed by atoms with Crippen LogP contribution in [0.25, 0.3) is 20.8 Å². The fraction of sp³-hybridized carbons (Fsp3) is 0.700. The Kier molecular flexibility index (Phi) is 25.9. The number of rotatable bonds is 36. The summed E-state index contributed by atoms with van der Waals surface area (Å²) in [5.41, 5.74) is 2.30. The third-order valence-corrected chi connectivity index (χ3v) is 13.5. The second-order valence-corrected chi connectivity index (χ2v) is 18.5. The number of fused-ring (bicyclic) bond motifs is 1. The smallest absolute Gasteiger partial charge is 0.230 e. The lowest BCUT2D eigenvalue weighted by molar-refractivity contribution is -0.144. The van der Waals surface area contributed by atoms with E-state index in [-0.39, 0.29) is 30.2 Å². The molecule has 0 saturated carbocycles. The summed E-state index contributed by atoms with van der Waals surface area (Å²) in [7, 11) is 1.64. The predicted molar refractivity (Wildman–Crippen MR) is 268 cm³/mol. The van der Waals surface area contributed by atoms with E-state index < -0.39 is 5.41 Å². The highest BCUT2D eigenvalue weighted by molar-refractivity contribution is 7.21. The average Bonchev–Trinajstić information content (AvgIpc) is 4.07. The number of methoxy groups -OCH3 is 1. The molecule has 2 aliphatic rings. The molecule has 1 aromatic carbocycles. The Morgan fingerprint density at radius 1 is 0.710 bits per heavy atom. The zero-order valence-corrected chi connectivity index (χ0v) is 42.5. The number of piperazine rings is 1. The number of aromatic nitrogens is 2. The van der Waals surface area contributed by atoms with Gasteiger partial charge >= 0.3 is 0 Å². The van der Waals surface area contributed by atoms with Gasteiger partial charge in [-0.15, -0.1) is 11.3 Å². The van der Waals surface area contributed by atoms with Crippen LogP contribution in [0.5, 0.6) is 0 Å². The number of anilines is 2. The van der Waals surface area contributed by atoms with Gasteiger partial charge in [0.25, 0.3) is 0 Å². The van der Waals surface area contributed by atoms with Crippen LogP contribution in [-0.2, 0) is 52.3 Å². The second kappa shape index (κ2) is 32.0. The quantitative estimate of drug-likeness (QED) is 0.0745. The number of benzene rings is 1. The summed E-state index contributed by atoms with van der Waals surface area (Å²) in [6.07, 6.45) is 6.97. The van der Waals surface area contributed by atoms with Crippen molar-refractivity contribution < 1.29 is 52.3 Å². The molecule has 0 spiro atoms. The molecule has 18 nitrogen and oxygen atoms in total. The lowest BCUT2D eigenvalue weighted by Gasteiger charge is -2.43. The first-order valence-electron chi connectivity index (χ1n) is 25.0. The van der Waals surface area contributed by atoms with E-state index in [1.54, 1.807) is 18.4 Å². The van der Waals surface area contributed by atoms with E-state index in [4.69, 9.17) is 47.9 Å². The van der Waals surface area contributed by atoms with Crippen LogP contribution < -0.4 is 20.4 Å². The number of amides is 3. The van der Waals surface area contributed by atoms with Crippen LogP contribution in [0.3, 0.4) is 0 Å². The van der Waals surface area contributed by atoms with Crippen molar-refractivity contribution in [1.29, 1.82) is 0 Å². The molecule has 2 saturated heterocycles. The van der Waals surface area contributed by atoms with Gasteiger partial charge in [0, 0.05) is 89.3 Å². The summed E-state index contributed by atoms with van der Waals surface area (Å²) < 4.78 is 44.4. The summed E-state index contributed by atoms with van der Waals surface area (Å²) in [5.74, 6) is 0.915. The van der Waals surface area contributed by atoms with Gasteiger partial charge in [-0.05, 0) is 69.9 Å². The van der Waals surface area contributed by atoms with E-state index in [0.717, 1.165) is 45.4 Å². The predicted octanol–water partition coefficient (Wildman–Crippen LogP) is 4.97. The Balaban J connectivity index is 0.902. The highest BCUT2D eigenvalue weighted by Gasteiger charge is 2.42. The van der Waals surface area contributed by atoms with Gasteiger partial charge < -0.3 is 63.2 Å². The number of carbonyl (C=O) groups is 3. The van der Waals surface area contributed by atoms with Crippen LogP contribution in [0.2, 0.25) is 0 Å². The van der Waals surface area contributed by atoms with Crippen molar-refractivity contribution in [2.45, 2.75) is 71.8 Å². The number of nitrogens with one attached hydrogen (secondary N) is 2. The number of thiazole rings is 1. The summed E-state index contributed by atoms with van der Waals surface area (Å²) in [6, 6.07) is 10.3. The van der Waals surface area contributed by atoms with Crippen molar-refractivity contribution in [1.82, 2.24) is 25.5 Å². The molecule has 0 radical (unpaired) electrons. The number of ether oxygens (including phenoxy) is 8. The molecule has 3 aromatic rings. The second-order valence-electron chi connectivity index (χ2n) is 17.4. The van der Waals surface area contributed by atoms with Crippen molar-refractivity contribution in [3.63, 3.8) is 0 Å². The molecule has 5 rings (SSSR count). The van der Waals surface area contributed by atoms with E-state index in [0.29, 0.717) is 158 Å². The molecule has 4 heterocycles. The average molecular weight is 986 g/mol. The molecule has 19 heteroatoms. The van der Waals surface area contributed by atoms with Crippen LogP contribution in [0.1, 0.15) is 65.7 Å². The molecule has 2 atom stereocenters. The fourth-order valence-corrected chi connectivity index (χ4v) is 9.07. The van der Waals surface area contributed by atoms with Gasteiger partial charge in [-0.25, -0.2) is 9.97 Å². The number of pyridine rings is 1. The van der Waals surface area contributed by atoms with Gasteiger partial charge in [-0.1, -0.05) is 13.3 Å². The lowest BCUT2D eigenvalue weighted by Crippen LogP contribution is -2.57. The maximum Gasteiger partial charge on any atom is 0.230 e. The maximum absolute atomic E-state index is 14.4. The van der Waals surface area contributed by atoms with E-state index in [2.05, 4.69) is 50.8 Å². The monoisotopic (exact) mass is 986 g/mol. The third-order valence-electron chi connectivity index (χ3n) is 12.5. The molecule has 2 N–H and O–H groups in total. The van der Waals surface area contributed by atoms with E-state index in [9.17, 15) is 14.4 Å². The SMILES string of the molecule is CCC(=O)NC(C)[C@](C)(CCCCNC(=O)CCOCCOCCOCCOCCOCCOCCOCCOC)C(=O)N1CCN(c2ccc3nc(-c4ccc(N5CCCC5)nc4)sc3c2)CC1. The Morgan fingerprint density at radius 2 is 1.29 bits per heavy atom. The molecule has 1 unspecified atom stereocenters. The van der Waals surface area contributed by atoms with E-state index >= 15 is 0 Å². The van der Waals surface area contributed by atoms with E-state index in [1.165, 1.54) is 12.8 Å². The molecule has 3 amide bonds. The zero-order valence-electron chi connectivity index (χ0n) is 41.7. The lowest BCUT2D eigenvalue weighted by atomic mass is 9.76. The molecular weight excluding hydrogens is 907 g/mol. The molecule has 386 valence electrons. The molecule has 69 heavy (non-hydrogen) atoms. The molecule has 2 aliphatic heterocycles. The van der Waals surface area contributed by atoms with E-state index in [1.807, 2.05) is 31.9 Å². The van der Waals surface area contributed by atoms with Crippen LogP contribution in [0, 0.1) is 5.41 Å². The summed E-state index contributed by atoms with van der Waals surface area (Å²) >= 11 is 1.67. The largest absolute Gasteiger partial charge is 0.382 e. The number of carbonyl (C=O) groups excluding carboxylic acids is 3. The zero-order chi connectivity index (χ0) is 48.9. The normalized spacial score (nSPS) is 15.4. The van der Waals surface area contributed by atoms with Gasteiger partial charge in [-0.3, -0.25) is 14.4 Å². The molecule has 0 bridgehead atoms. The molecule has 0 aliphatic carbocycles. The first kappa shape index (κ1) is 55.9. The van der Waals surface area contributed by atoms with Crippen LogP contribution in [-0.4, -0.2) is 191 Å². The number of hydrogen-bond acceptors (Lipinski definition) is 16. The van der Waals surface area contributed by atoms with Crippen molar-refractivity contribution in [2.24, 2.45) is 5.41 Å². The van der Waals surface area contributed by atoms with Gasteiger partial charge in [-0.2, -0.15) is 0 Å². The van der Waals surface area contributed by atoms with Crippen molar-refractivity contribution >= 4 is 50.8 Å². The molecule has 2 fully saturated rings. The highest BCUT2D eigenvalue weighted by Crippen LogP contribution is 2.35. The summed E-state index contributed by atoms with van der Waals surface area (Å²) in [6.45, 7) is 18.1.